The number of carbonyl (C=O) groups is 1. The molecular formula is C12H24N2O2. The van der Waals surface area contributed by atoms with Gasteiger partial charge in [-0.2, -0.15) is 0 Å². The molecule has 1 N–H and O–H groups in total. The van der Waals surface area contributed by atoms with Crippen LogP contribution in [-0.4, -0.2) is 50.2 Å². The van der Waals surface area contributed by atoms with E-state index in [1.807, 2.05) is 11.9 Å². The van der Waals surface area contributed by atoms with Crippen LogP contribution in [0.1, 0.15) is 26.7 Å². The van der Waals surface area contributed by atoms with E-state index in [-0.39, 0.29) is 17.9 Å². The number of hydrogen-bond donors (Lipinski definition) is 1. The number of hydrogen-bond acceptors (Lipinski definition) is 3. The second kappa shape index (κ2) is 6.86. The Hall–Kier alpha value is -0.610. The Morgan fingerprint density at radius 3 is 2.75 bits per heavy atom. The predicted molar refractivity (Wildman–Crippen MR) is 64.3 cm³/mol. The lowest BCUT2D eigenvalue weighted by atomic mass is 10.0. The highest BCUT2D eigenvalue weighted by Crippen LogP contribution is 2.16. The largest absolute Gasteiger partial charge is 0.379 e. The molecule has 0 spiro atoms. The summed E-state index contributed by atoms with van der Waals surface area (Å²) < 4.78 is 5.41. The van der Waals surface area contributed by atoms with E-state index in [9.17, 15) is 4.79 Å². The molecule has 1 aliphatic heterocycles. The van der Waals surface area contributed by atoms with Crippen LogP contribution in [0.15, 0.2) is 0 Å². The second-order valence-corrected chi connectivity index (χ2v) is 4.46. The van der Waals surface area contributed by atoms with Gasteiger partial charge in [0, 0.05) is 19.6 Å². The van der Waals surface area contributed by atoms with Gasteiger partial charge >= 0.3 is 0 Å². The topological polar surface area (TPSA) is 41.6 Å². The van der Waals surface area contributed by atoms with Gasteiger partial charge in [0.1, 0.15) is 0 Å². The first kappa shape index (κ1) is 13.5. The lowest BCUT2D eigenvalue weighted by Gasteiger charge is -2.24. The molecule has 16 heavy (non-hydrogen) atoms. The molecule has 1 fully saturated rings. The standard InChI is InChI=1S/C12H24N2O2/c1-4-6-13-11-9-16-8-10(11)12(15)14(3)7-5-2/h10-11,13H,4-9H2,1-3H3. The number of nitrogens with zero attached hydrogens (tertiary/aromatic N) is 1. The maximum atomic E-state index is 12.1. The summed E-state index contributed by atoms with van der Waals surface area (Å²) in [5, 5.41) is 3.39. The summed E-state index contributed by atoms with van der Waals surface area (Å²) in [6.45, 7) is 7.22. The fourth-order valence-corrected chi connectivity index (χ4v) is 2.06. The summed E-state index contributed by atoms with van der Waals surface area (Å²) in [7, 11) is 1.88. The number of ether oxygens (including phenoxy) is 1. The fraction of sp³-hybridized carbons (Fsp3) is 0.917. The molecule has 0 aromatic carbocycles. The predicted octanol–water partition coefficient (Wildman–Crippen LogP) is 0.869. The first-order valence-electron chi connectivity index (χ1n) is 6.26. The van der Waals surface area contributed by atoms with E-state index in [0.29, 0.717) is 13.2 Å². The molecule has 4 nitrogen and oxygen atoms in total. The minimum absolute atomic E-state index is 0.00287. The van der Waals surface area contributed by atoms with Crippen LogP contribution >= 0.6 is 0 Å². The third-order valence-electron chi connectivity index (χ3n) is 2.99. The molecule has 0 aromatic heterocycles. The van der Waals surface area contributed by atoms with Crippen LogP contribution in [0.2, 0.25) is 0 Å². The Morgan fingerprint density at radius 1 is 1.38 bits per heavy atom. The Bertz CT molecular complexity index is 221. The van der Waals surface area contributed by atoms with Crippen LogP contribution in [-0.2, 0) is 9.53 Å². The van der Waals surface area contributed by atoms with Crippen molar-refractivity contribution in [1.82, 2.24) is 10.2 Å². The minimum Gasteiger partial charge on any atom is -0.379 e. The van der Waals surface area contributed by atoms with Crippen LogP contribution < -0.4 is 5.32 Å². The van der Waals surface area contributed by atoms with Crippen LogP contribution in [0.5, 0.6) is 0 Å². The average molecular weight is 228 g/mol. The molecule has 0 bridgehead atoms. The molecule has 0 aliphatic carbocycles. The van der Waals surface area contributed by atoms with Gasteiger partial charge in [-0.25, -0.2) is 0 Å². The minimum atomic E-state index is 0.00287. The van der Waals surface area contributed by atoms with Gasteiger partial charge in [0.15, 0.2) is 0 Å². The van der Waals surface area contributed by atoms with E-state index in [1.54, 1.807) is 0 Å². The van der Waals surface area contributed by atoms with Gasteiger partial charge in [-0.05, 0) is 19.4 Å². The highest BCUT2D eigenvalue weighted by atomic mass is 16.5. The lowest BCUT2D eigenvalue weighted by molar-refractivity contribution is -0.134. The Kier molecular flexibility index (Phi) is 5.77. The van der Waals surface area contributed by atoms with Gasteiger partial charge in [0.25, 0.3) is 0 Å². The maximum absolute atomic E-state index is 12.1. The monoisotopic (exact) mass is 228 g/mol. The van der Waals surface area contributed by atoms with E-state index in [2.05, 4.69) is 19.2 Å². The van der Waals surface area contributed by atoms with E-state index in [1.165, 1.54) is 0 Å². The van der Waals surface area contributed by atoms with Crippen molar-refractivity contribution >= 4 is 5.91 Å². The van der Waals surface area contributed by atoms with Crippen LogP contribution in [0.3, 0.4) is 0 Å². The third-order valence-corrected chi connectivity index (χ3v) is 2.99. The van der Waals surface area contributed by atoms with Crippen LogP contribution in [0.4, 0.5) is 0 Å². The van der Waals surface area contributed by atoms with Gasteiger partial charge in [0.05, 0.1) is 19.1 Å². The molecule has 2 atom stereocenters. The van der Waals surface area contributed by atoms with Crippen molar-refractivity contribution < 1.29 is 9.53 Å². The molecule has 1 heterocycles. The van der Waals surface area contributed by atoms with Crippen molar-refractivity contribution in [3.05, 3.63) is 0 Å². The zero-order chi connectivity index (χ0) is 12.0. The summed E-state index contributed by atoms with van der Waals surface area (Å²) in [6.07, 6.45) is 2.09. The number of carbonyl (C=O) groups excluding carboxylic acids is 1. The number of nitrogens with one attached hydrogen (secondary N) is 1. The zero-order valence-corrected chi connectivity index (χ0v) is 10.7. The van der Waals surface area contributed by atoms with Crippen molar-refractivity contribution in [2.24, 2.45) is 5.92 Å². The first-order chi connectivity index (χ1) is 7.70. The summed E-state index contributed by atoms with van der Waals surface area (Å²) in [6, 6.07) is 0.201. The van der Waals surface area contributed by atoms with Crippen molar-refractivity contribution in [3.8, 4) is 0 Å². The first-order valence-corrected chi connectivity index (χ1v) is 6.26. The molecule has 0 saturated carbocycles. The van der Waals surface area contributed by atoms with Crippen LogP contribution in [0, 0.1) is 5.92 Å². The van der Waals surface area contributed by atoms with Gasteiger partial charge in [0.2, 0.25) is 5.91 Å². The van der Waals surface area contributed by atoms with Crippen molar-refractivity contribution in [2.45, 2.75) is 32.7 Å². The third kappa shape index (κ3) is 3.46. The molecule has 1 saturated heterocycles. The summed E-state index contributed by atoms with van der Waals surface area (Å²) in [4.78, 5) is 13.9. The van der Waals surface area contributed by atoms with E-state index >= 15 is 0 Å². The Morgan fingerprint density at radius 2 is 2.12 bits per heavy atom. The molecule has 1 aliphatic rings. The van der Waals surface area contributed by atoms with Gasteiger partial charge in [-0.3, -0.25) is 4.79 Å². The van der Waals surface area contributed by atoms with E-state index in [0.717, 1.165) is 25.9 Å². The fourth-order valence-electron chi connectivity index (χ4n) is 2.06. The maximum Gasteiger partial charge on any atom is 0.229 e. The van der Waals surface area contributed by atoms with E-state index in [4.69, 9.17) is 4.74 Å². The lowest BCUT2D eigenvalue weighted by Crippen LogP contribution is -2.45. The second-order valence-electron chi connectivity index (χ2n) is 4.46. The average Bonchev–Trinajstić information content (AvgIpc) is 2.73. The molecular weight excluding hydrogens is 204 g/mol. The SMILES string of the molecule is CCCNC1COCC1C(=O)N(C)CCC. The normalized spacial score (nSPS) is 24.7. The Labute approximate surface area is 98.3 Å². The number of rotatable bonds is 6. The summed E-state index contributed by atoms with van der Waals surface area (Å²) >= 11 is 0. The molecule has 0 radical (unpaired) electrons. The molecule has 1 amide bonds. The Balaban J connectivity index is 2.46. The zero-order valence-electron chi connectivity index (χ0n) is 10.7. The quantitative estimate of drug-likeness (QED) is 0.733. The molecule has 0 aromatic rings. The smallest absolute Gasteiger partial charge is 0.229 e. The molecule has 94 valence electrons. The molecule has 2 unspecified atom stereocenters. The van der Waals surface area contributed by atoms with Gasteiger partial charge < -0.3 is 15.0 Å². The molecule has 4 heteroatoms. The highest BCUT2D eigenvalue weighted by molar-refractivity contribution is 5.79. The van der Waals surface area contributed by atoms with Crippen molar-refractivity contribution in [2.75, 3.05) is 33.4 Å². The van der Waals surface area contributed by atoms with Crippen molar-refractivity contribution in [1.29, 1.82) is 0 Å². The van der Waals surface area contributed by atoms with Crippen molar-refractivity contribution in [3.63, 3.8) is 0 Å². The number of amides is 1. The van der Waals surface area contributed by atoms with Gasteiger partial charge in [-0.1, -0.05) is 13.8 Å². The summed E-state index contributed by atoms with van der Waals surface area (Å²) in [5.74, 6) is 0.219. The van der Waals surface area contributed by atoms with Crippen LogP contribution in [0.25, 0.3) is 0 Å². The summed E-state index contributed by atoms with van der Waals surface area (Å²) in [5.41, 5.74) is 0. The molecule has 1 rings (SSSR count). The van der Waals surface area contributed by atoms with E-state index < -0.39 is 0 Å². The highest BCUT2D eigenvalue weighted by Gasteiger charge is 2.34. The van der Waals surface area contributed by atoms with Gasteiger partial charge in [-0.15, -0.1) is 0 Å².